The quantitative estimate of drug-likeness (QED) is 0.822. The van der Waals surface area contributed by atoms with Crippen LogP contribution in [0.5, 0.6) is 0 Å². The lowest BCUT2D eigenvalue weighted by Gasteiger charge is -2.40. The summed E-state index contributed by atoms with van der Waals surface area (Å²) in [4.78, 5) is 5.67. The van der Waals surface area contributed by atoms with Crippen LogP contribution in [0.2, 0.25) is 0 Å². The van der Waals surface area contributed by atoms with Crippen LogP contribution in [0.1, 0.15) is 24.0 Å². The van der Waals surface area contributed by atoms with E-state index in [2.05, 4.69) is 36.1 Å². The minimum Gasteiger partial charge on any atom is -0.358 e. The van der Waals surface area contributed by atoms with E-state index >= 15 is 0 Å². The zero-order valence-corrected chi connectivity index (χ0v) is 16.4. The zero-order valence-electron chi connectivity index (χ0n) is 16.4. The van der Waals surface area contributed by atoms with Crippen molar-refractivity contribution in [2.45, 2.75) is 32.4 Å². The molecule has 0 aromatic heterocycles. The first-order valence-electron chi connectivity index (χ1n) is 10.4. The average molecular weight is 370 g/mol. The summed E-state index contributed by atoms with van der Waals surface area (Å²) in [5.74, 6) is -0.0889. The van der Waals surface area contributed by atoms with E-state index in [0.29, 0.717) is 0 Å². The van der Waals surface area contributed by atoms with Gasteiger partial charge < -0.3 is 14.7 Å². The molecule has 2 heterocycles. The lowest BCUT2D eigenvalue weighted by atomic mass is 10.0. The highest BCUT2D eigenvalue weighted by molar-refractivity contribution is 5.47. The summed E-state index contributed by atoms with van der Waals surface area (Å²) >= 11 is 0. The van der Waals surface area contributed by atoms with Gasteiger partial charge in [0.1, 0.15) is 12.4 Å². The summed E-state index contributed by atoms with van der Waals surface area (Å²) < 4.78 is 14.0. The Balaban J connectivity index is 1.25. The molecule has 4 heteroatoms. The molecular formula is C23H32FN3+2. The number of halogens is 1. The number of rotatable bonds is 4. The maximum absolute atomic E-state index is 14.0. The van der Waals surface area contributed by atoms with E-state index < -0.39 is 0 Å². The van der Waals surface area contributed by atoms with Crippen LogP contribution in [-0.2, 0) is 6.54 Å². The highest BCUT2D eigenvalue weighted by Gasteiger charge is 2.32. The minimum atomic E-state index is -0.0889. The molecule has 0 bridgehead atoms. The SMILES string of the molecule is Cc1ccc(C[NH+]2CCC([NH+]3CCN(c4ccccc4F)CC3)CC2)cc1. The van der Waals surface area contributed by atoms with Crippen molar-refractivity contribution in [3.05, 3.63) is 65.5 Å². The summed E-state index contributed by atoms with van der Waals surface area (Å²) in [6.07, 6.45) is 2.63. The Hall–Kier alpha value is -1.91. The summed E-state index contributed by atoms with van der Waals surface area (Å²) in [7, 11) is 0. The molecular weight excluding hydrogens is 337 g/mol. The van der Waals surface area contributed by atoms with Gasteiger partial charge in [-0.2, -0.15) is 0 Å². The van der Waals surface area contributed by atoms with E-state index in [1.807, 2.05) is 12.1 Å². The number of anilines is 1. The third-order valence-corrected chi connectivity index (χ3v) is 6.44. The monoisotopic (exact) mass is 369 g/mol. The van der Waals surface area contributed by atoms with Gasteiger partial charge in [0.05, 0.1) is 51.0 Å². The third kappa shape index (κ3) is 4.50. The molecule has 2 aromatic rings. The van der Waals surface area contributed by atoms with Gasteiger partial charge in [-0.3, -0.25) is 0 Å². The summed E-state index contributed by atoms with van der Waals surface area (Å²) in [6, 6.07) is 17.0. The molecule has 2 N–H and O–H groups in total. The maximum atomic E-state index is 14.0. The highest BCUT2D eigenvalue weighted by Crippen LogP contribution is 2.18. The molecule has 3 nitrogen and oxygen atoms in total. The first-order chi connectivity index (χ1) is 13.2. The minimum absolute atomic E-state index is 0.0889. The predicted octanol–water partition coefficient (Wildman–Crippen LogP) is 1.09. The van der Waals surface area contributed by atoms with E-state index in [1.165, 1.54) is 37.1 Å². The van der Waals surface area contributed by atoms with Crippen molar-refractivity contribution in [2.24, 2.45) is 0 Å². The fraction of sp³-hybridized carbons (Fsp3) is 0.478. The van der Waals surface area contributed by atoms with E-state index in [1.54, 1.807) is 21.9 Å². The van der Waals surface area contributed by atoms with Gasteiger partial charge in [0.2, 0.25) is 0 Å². The molecule has 0 aliphatic carbocycles. The molecule has 2 aromatic carbocycles. The standard InChI is InChI=1S/C23H30FN3/c1-19-6-8-20(9-7-19)18-25-12-10-21(11-13-25)26-14-16-27(17-15-26)23-5-3-2-4-22(23)24/h2-9,21H,10-18H2,1H3/p+2. The number of aryl methyl sites for hydroxylation is 1. The largest absolute Gasteiger partial charge is 0.358 e. The van der Waals surface area contributed by atoms with Gasteiger partial charge >= 0.3 is 0 Å². The number of quaternary nitrogens is 2. The predicted molar refractivity (Wildman–Crippen MR) is 108 cm³/mol. The summed E-state index contributed by atoms with van der Waals surface area (Å²) in [5.41, 5.74) is 3.57. The molecule has 144 valence electrons. The Kier molecular flexibility index (Phi) is 5.74. The summed E-state index contributed by atoms with van der Waals surface area (Å²) in [5, 5.41) is 0. The Bertz CT molecular complexity index is 730. The molecule has 2 saturated heterocycles. The number of piperazine rings is 1. The molecule has 0 saturated carbocycles. The van der Waals surface area contributed by atoms with Crippen molar-refractivity contribution in [2.75, 3.05) is 44.2 Å². The Morgan fingerprint density at radius 2 is 1.59 bits per heavy atom. The molecule has 0 amide bonds. The number of benzene rings is 2. The normalized spacial score (nSPS) is 24.1. The first-order valence-corrected chi connectivity index (χ1v) is 10.4. The number of para-hydroxylation sites is 1. The second kappa shape index (κ2) is 8.41. The van der Waals surface area contributed by atoms with Crippen LogP contribution >= 0.6 is 0 Å². The molecule has 2 aliphatic heterocycles. The van der Waals surface area contributed by atoms with Crippen LogP contribution in [-0.4, -0.2) is 45.3 Å². The maximum Gasteiger partial charge on any atom is 0.146 e. The van der Waals surface area contributed by atoms with Crippen LogP contribution < -0.4 is 14.7 Å². The van der Waals surface area contributed by atoms with Gasteiger partial charge in [-0.05, 0) is 19.1 Å². The Morgan fingerprint density at radius 1 is 0.926 bits per heavy atom. The van der Waals surface area contributed by atoms with E-state index in [-0.39, 0.29) is 5.82 Å². The molecule has 4 rings (SSSR count). The number of nitrogens with one attached hydrogen (secondary N) is 2. The molecule has 2 aliphatic rings. The highest BCUT2D eigenvalue weighted by atomic mass is 19.1. The molecule has 0 atom stereocenters. The molecule has 2 fully saturated rings. The topological polar surface area (TPSA) is 12.1 Å². The number of hydrogen-bond donors (Lipinski definition) is 2. The Labute approximate surface area is 162 Å². The number of piperidine rings is 1. The smallest absolute Gasteiger partial charge is 0.146 e. The van der Waals surface area contributed by atoms with Gasteiger partial charge in [-0.1, -0.05) is 42.0 Å². The Morgan fingerprint density at radius 3 is 2.26 bits per heavy atom. The second-order valence-electron chi connectivity index (χ2n) is 8.28. The number of likely N-dealkylation sites (tertiary alicyclic amines) is 1. The second-order valence-corrected chi connectivity index (χ2v) is 8.28. The van der Waals surface area contributed by atoms with Crippen LogP contribution in [0.3, 0.4) is 0 Å². The fourth-order valence-corrected chi connectivity index (χ4v) is 4.76. The van der Waals surface area contributed by atoms with E-state index in [0.717, 1.165) is 44.5 Å². The third-order valence-electron chi connectivity index (χ3n) is 6.44. The van der Waals surface area contributed by atoms with Crippen LogP contribution in [0, 0.1) is 12.7 Å². The van der Waals surface area contributed by atoms with E-state index in [4.69, 9.17) is 0 Å². The summed E-state index contributed by atoms with van der Waals surface area (Å²) in [6.45, 7) is 10.1. The fourth-order valence-electron chi connectivity index (χ4n) is 4.76. The van der Waals surface area contributed by atoms with Gasteiger partial charge in [0.15, 0.2) is 0 Å². The van der Waals surface area contributed by atoms with Crippen LogP contribution in [0.4, 0.5) is 10.1 Å². The molecule has 27 heavy (non-hydrogen) atoms. The average Bonchev–Trinajstić information content (AvgIpc) is 2.71. The van der Waals surface area contributed by atoms with Gasteiger partial charge in [-0.15, -0.1) is 0 Å². The van der Waals surface area contributed by atoms with Crippen molar-refractivity contribution in [1.82, 2.24) is 0 Å². The van der Waals surface area contributed by atoms with Crippen LogP contribution in [0.25, 0.3) is 0 Å². The van der Waals surface area contributed by atoms with Crippen molar-refractivity contribution in [3.8, 4) is 0 Å². The van der Waals surface area contributed by atoms with Crippen molar-refractivity contribution < 1.29 is 14.2 Å². The van der Waals surface area contributed by atoms with Crippen molar-refractivity contribution in [3.63, 3.8) is 0 Å². The lowest BCUT2D eigenvalue weighted by Crippen LogP contribution is -3.21. The van der Waals surface area contributed by atoms with Gasteiger partial charge in [0, 0.05) is 18.4 Å². The lowest BCUT2D eigenvalue weighted by molar-refractivity contribution is -0.963. The zero-order chi connectivity index (χ0) is 18.6. The molecule has 0 unspecified atom stereocenters. The number of nitrogens with zero attached hydrogens (tertiary/aromatic N) is 1. The van der Waals surface area contributed by atoms with E-state index in [9.17, 15) is 4.39 Å². The first kappa shape index (κ1) is 18.5. The van der Waals surface area contributed by atoms with Crippen molar-refractivity contribution >= 4 is 5.69 Å². The van der Waals surface area contributed by atoms with Crippen molar-refractivity contribution in [1.29, 1.82) is 0 Å². The van der Waals surface area contributed by atoms with Gasteiger partial charge in [-0.25, -0.2) is 4.39 Å². The molecule has 0 radical (unpaired) electrons. The van der Waals surface area contributed by atoms with Crippen LogP contribution in [0.15, 0.2) is 48.5 Å². The molecule has 0 spiro atoms. The number of hydrogen-bond acceptors (Lipinski definition) is 1. The van der Waals surface area contributed by atoms with Gasteiger partial charge in [0.25, 0.3) is 0 Å².